The van der Waals surface area contributed by atoms with Gasteiger partial charge in [-0.25, -0.2) is 8.42 Å². The lowest BCUT2D eigenvalue weighted by molar-refractivity contribution is -0.140. The Labute approximate surface area is 111 Å². The molecule has 106 valence electrons. The zero-order valence-corrected chi connectivity index (χ0v) is 11.3. The van der Waals surface area contributed by atoms with Crippen LogP contribution in [0.4, 0.5) is 0 Å². The lowest BCUT2D eigenvalue weighted by atomic mass is 10.3. The molecule has 0 aromatic heterocycles. The number of carboxylic acids is 1. The second-order valence-electron chi connectivity index (χ2n) is 3.65. The summed E-state index contributed by atoms with van der Waals surface area (Å²) >= 11 is 0. The van der Waals surface area contributed by atoms with Gasteiger partial charge in [0.2, 0.25) is 10.0 Å². The Morgan fingerprint density at radius 1 is 1.42 bits per heavy atom. The minimum absolute atomic E-state index is 0.0748. The molecule has 1 aromatic rings. The normalized spacial score (nSPS) is 12.9. The highest BCUT2D eigenvalue weighted by atomic mass is 32.2. The maximum absolute atomic E-state index is 12.0. The molecule has 1 rings (SSSR count). The van der Waals surface area contributed by atoms with E-state index in [4.69, 9.17) is 9.84 Å². The molecule has 7 nitrogen and oxygen atoms in total. The Bertz CT molecular complexity index is 542. The monoisotopic (exact) mass is 289 g/mol. The number of methoxy groups -OCH3 is 2. The summed E-state index contributed by atoms with van der Waals surface area (Å²) in [5, 5.41) is 8.88. The number of carboxylic acid groups (broad SMARTS) is 1. The van der Waals surface area contributed by atoms with Crippen molar-refractivity contribution in [3.05, 3.63) is 24.3 Å². The number of nitrogens with one attached hydrogen (secondary N) is 1. The fourth-order valence-corrected chi connectivity index (χ4v) is 2.55. The van der Waals surface area contributed by atoms with Crippen molar-refractivity contribution in [2.75, 3.05) is 20.8 Å². The fraction of sp³-hybridized carbons (Fsp3) is 0.364. The first kappa shape index (κ1) is 15.4. The quantitative estimate of drug-likeness (QED) is 0.736. The smallest absolute Gasteiger partial charge is 0.324 e. The Morgan fingerprint density at radius 2 is 2.11 bits per heavy atom. The van der Waals surface area contributed by atoms with Crippen LogP contribution in [0.15, 0.2) is 29.2 Å². The van der Waals surface area contributed by atoms with Gasteiger partial charge in [0, 0.05) is 13.2 Å². The number of carbonyl (C=O) groups is 1. The van der Waals surface area contributed by atoms with E-state index in [0.29, 0.717) is 5.75 Å². The average Bonchev–Trinajstić information content (AvgIpc) is 2.38. The van der Waals surface area contributed by atoms with Crippen LogP contribution in [0.5, 0.6) is 5.75 Å². The molecule has 1 aromatic carbocycles. The molecule has 0 amide bonds. The third-order valence-corrected chi connectivity index (χ3v) is 3.75. The highest BCUT2D eigenvalue weighted by molar-refractivity contribution is 7.89. The molecular weight excluding hydrogens is 274 g/mol. The summed E-state index contributed by atoms with van der Waals surface area (Å²) in [5.74, 6) is -0.949. The third kappa shape index (κ3) is 4.19. The summed E-state index contributed by atoms with van der Waals surface area (Å²) in [7, 11) is -1.26. The van der Waals surface area contributed by atoms with E-state index in [-0.39, 0.29) is 11.5 Å². The van der Waals surface area contributed by atoms with Gasteiger partial charge in [-0.1, -0.05) is 6.07 Å². The third-order valence-electron chi connectivity index (χ3n) is 2.28. The molecule has 0 saturated heterocycles. The topological polar surface area (TPSA) is 102 Å². The number of rotatable bonds is 7. The Hall–Kier alpha value is -1.64. The highest BCUT2D eigenvalue weighted by Gasteiger charge is 2.25. The van der Waals surface area contributed by atoms with Crippen molar-refractivity contribution in [2.24, 2.45) is 0 Å². The molecule has 1 unspecified atom stereocenters. The molecule has 0 heterocycles. The maximum atomic E-state index is 12.0. The van der Waals surface area contributed by atoms with Gasteiger partial charge in [0.15, 0.2) is 0 Å². The molecular formula is C11H15NO6S. The summed E-state index contributed by atoms with van der Waals surface area (Å²) in [6.45, 7) is -0.265. The molecule has 0 aliphatic carbocycles. The Kier molecular flexibility index (Phi) is 5.28. The molecule has 0 spiro atoms. The molecule has 0 radical (unpaired) electrons. The molecule has 0 fully saturated rings. The maximum Gasteiger partial charge on any atom is 0.324 e. The van der Waals surface area contributed by atoms with E-state index in [1.165, 1.54) is 32.4 Å². The number of aliphatic carboxylic acids is 1. The molecule has 0 aliphatic rings. The fourth-order valence-electron chi connectivity index (χ4n) is 1.35. The highest BCUT2D eigenvalue weighted by Crippen LogP contribution is 2.17. The van der Waals surface area contributed by atoms with E-state index in [0.717, 1.165) is 0 Å². The van der Waals surface area contributed by atoms with Crippen molar-refractivity contribution in [1.29, 1.82) is 0 Å². The van der Waals surface area contributed by atoms with Crippen LogP contribution in [0.25, 0.3) is 0 Å². The van der Waals surface area contributed by atoms with Gasteiger partial charge in [-0.05, 0) is 12.1 Å². The second kappa shape index (κ2) is 6.50. The standard InChI is InChI=1S/C11H15NO6S/c1-17-7-10(11(13)14)12-19(15,16)9-5-3-4-8(6-9)18-2/h3-6,10,12H,7H2,1-2H3,(H,13,14). The van der Waals surface area contributed by atoms with Crippen LogP contribution in [0, 0.1) is 0 Å². The van der Waals surface area contributed by atoms with Crippen molar-refractivity contribution in [3.63, 3.8) is 0 Å². The number of hydrogen-bond donors (Lipinski definition) is 2. The van der Waals surface area contributed by atoms with Crippen molar-refractivity contribution < 1.29 is 27.8 Å². The van der Waals surface area contributed by atoms with Crippen LogP contribution in [0.1, 0.15) is 0 Å². The largest absolute Gasteiger partial charge is 0.497 e. The summed E-state index contributed by atoms with van der Waals surface area (Å²) in [6, 6.07) is 4.38. The van der Waals surface area contributed by atoms with E-state index >= 15 is 0 Å². The van der Waals surface area contributed by atoms with Crippen LogP contribution < -0.4 is 9.46 Å². The van der Waals surface area contributed by atoms with Gasteiger partial charge in [0.05, 0.1) is 18.6 Å². The van der Waals surface area contributed by atoms with Gasteiger partial charge < -0.3 is 14.6 Å². The number of sulfonamides is 1. The van der Waals surface area contributed by atoms with Gasteiger partial charge in [-0.3, -0.25) is 4.79 Å². The lowest BCUT2D eigenvalue weighted by Crippen LogP contribution is -2.43. The number of hydrogen-bond acceptors (Lipinski definition) is 5. The Balaban J connectivity index is 2.99. The van der Waals surface area contributed by atoms with Gasteiger partial charge in [-0.2, -0.15) is 4.72 Å². The van der Waals surface area contributed by atoms with Gasteiger partial charge >= 0.3 is 5.97 Å². The van der Waals surface area contributed by atoms with Gasteiger partial charge in [-0.15, -0.1) is 0 Å². The van der Waals surface area contributed by atoms with Crippen LogP contribution in [0.2, 0.25) is 0 Å². The summed E-state index contributed by atoms with van der Waals surface area (Å²) in [6.07, 6.45) is 0. The minimum atomic E-state index is -3.95. The van der Waals surface area contributed by atoms with E-state index in [2.05, 4.69) is 9.46 Å². The molecule has 2 N–H and O–H groups in total. The SMILES string of the molecule is COCC(NS(=O)(=O)c1cccc(OC)c1)C(=O)O. The second-order valence-corrected chi connectivity index (χ2v) is 5.36. The molecule has 19 heavy (non-hydrogen) atoms. The van der Waals surface area contributed by atoms with Gasteiger partial charge in [0.25, 0.3) is 0 Å². The van der Waals surface area contributed by atoms with Crippen LogP contribution in [0.3, 0.4) is 0 Å². The van der Waals surface area contributed by atoms with Crippen LogP contribution >= 0.6 is 0 Å². The van der Waals surface area contributed by atoms with E-state index in [9.17, 15) is 13.2 Å². The van der Waals surface area contributed by atoms with Gasteiger partial charge in [0.1, 0.15) is 11.8 Å². The van der Waals surface area contributed by atoms with Crippen molar-refractivity contribution in [1.82, 2.24) is 4.72 Å². The molecule has 0 aliphatic heterocycles. The van der Waals surface area contributed by atoms with Crippen LogP contribution in [-0.4, -0.2) is 46.4 Å². The molecule has 1 atom stereocenters. The van der Waals surface area contributed by atoms with Crippen molar-refractivity contribution >= 4 is 16.0 Å². The van der Waals surface area contributed by atoms with Crippen LogP contribution in [-0.2, 0) is 19.6 Å². The van der Waals surface area contributed by atoms with E-state index in [1.807, 2.05) is 0 Å². The predicted octanol–water partition coefficient (Wildman–Crippen LogP) is 0.0731. The minimum Gasteiger partial charge on any atom is -0.497 e. The summed E-state index contributed by atoms with van der Waals surface area (Å²) in [5.41, 5.74) is 0. The first-order valence-electron chi connectivity index (χ1n) is 5.29. The zero-order valence-electron chi connectivity index (χ0n) is 10.5. The first-order valence-corrected chi connectivity index (χ1v) is 6.77. The lowest BCUT2D eigenvalue weighted by Gasteiger charge is -2.14. The first-order chi connectivity index (χ1) is 8.90. The predicted molar refractivity (Wildman–Crippen MR) is 66.6 cm³/mol. The van der Waals surface area contributed by atoms with E-state index in [1.54, 1.807) is 6.07 Å². The molecule has 0 bridgehead atoms. The van der Waals surface area contributed by atoms with Crippen molar-refractivity contribution in [3.8, 4) is 5.75 Å². The number of ether oxygens (including phenoxy) is 2. The molecule has 8 heteroatoms. The summed E-state index contributed by atoms with van der Waals surface area (Å²) in [4.78, 5) is 10.8. The average molecular weight is 289 g/mol. The molecule has 0 saturated carbocycles. The van der Waals surface area contributed by atoms with Crippen molar-refractivity contribution in [2.45, 2.75) is 10.9 Å². The zero-order chi connectivity index (χ0) is 14.5. The van der Waals surface area contributed by atoms with E-state index < -0.39 is 22.0 Å². The Morgan fingerprint density at radius 3 is 2.63 bits per heavy atom. The summed E-state index contributed by atoms with van der Waals surface area (Å²) < 4.78 is 35.6. The number of benzene rings is 1.